The predicted molar refractivity (Wildman–Crippen MR) is 68.3 cm³/mol. The van der Waals surface area contributed by atoms with Crippen LogP contribution in [0.4, 0.5) is 0 Å². The van der Waals surface area contributed by atoms with Gasteiger partial charge in [0.25, 0.3) is 0 Å². The Bertz CT molecular complexity index is 327. The molecular weight excluding hydrogens is 272 g/mol. The molecule has 0 aliphatic rings. The number of methoxy groups -OCH3 is 3. The standard InChI is InChI=1S/C12H17BrO3/c1-8(7-13)12-10(15-3)5-9(14-2)6-11(12)16-4/h5-6,8H,7H2,1-4H3. The first kappa shape index (κ1) is 13.2. The van der Waals surface area contributed by atoms with Crippen LogP contribution in [0.15, 0.2) is 12.1 Å². The molecule has 0 radical (unpaired) electrons. The van der Waals surface area contributed by atoms with Gasteiger partial charge in [0.05, 0.1) is 21.3 Å². The van der Waals surface area contributed by atoms with Gasteiger partial charge < -0.3 is 14.2 Å². The molecule has 1 aromatic carbocycles. The molecule has 0 fully saturated rings. The van der Waals surface area contributed by atoms with E-state index in [9.17, 15) is 0 Å². The molecule has 1 atom stereocenters. The molecule has 1 rings (SSSR count). The Morgan fingerprint density at radius 2 is 1.56 bits per heavy atom. The zero-order valence-electron chi connectivity index (χ0n) is 10.0. The summed E-state index contributed by atoms with van der Waals surface area (Å²) in [6.45, 7) is 2.11. The van der Waals surface area contributed by atoms with E-state index in [-0.39, 0.29) is 0 Å². The second-order valence-corrected chi connectivity index (χ2v) is 4.15. The average Bonchev–Trinajstić information content (AvgIpc) is 2.35. The topological polar surface area (TPSA) is 27.7 Å². The van der Waals surface area contributed by atoms with Gasteiger partial charge in [0.2, 0.25) is 0 Å². The van der Waals surface area contributed by atoms with E-state index < -0.39 is 0 Å². The lowest BCUT2D eigenvalue weighted by molar-refractivity contribution is 0.366. The summed E-state index contributed by atoms with van der Waals surface area (Å²) in [6.07, 6.45) is 0. The average molecular weight is 289 g/mol. The number of hydrogen-bond acceptors (Lipinski definition) is 3. The lowest BCUT2D eigenvalue weighted by Crippen LogP contribution is -2.03. The van der Waals surface area contributed by atoms with Crippen LogP contribution in [0.25, 0.3) is 0 Å². The Balaban J connectivity index is 3.31. The zero-order chi connectivity index (χ0) is 12.1. The molecule has 0 aromatic heterocycles. The molecule has 0 amide bonds. The van der Waals surface area contributed by atoms with Gasteiger partial charge >= 0.3 is 0 Å². The summed E-state index contributed by atoms with van der Waals surface area (Å²) < 4.78 is 15.9. The minimum absolute atomic E-state index is 0.316. The molecule has 3 nitrogen and oxygen atoms in total. The van der Waals surface area contributed by atoms with Crippen LogP contribution in [0.3, 0.4) is 0 Å². The Morgan fingerprint density at radius 1 is 1.06 bits per heavy atom. The van der Waals surface area contributed by atoms with Crippen molar-refractivity contribution in [3.63, 3.8) is 0 Å². The van der Waals surface area contributed by atoms with Crippen molar-refractivity contribution in [2.75, 3.05) is 26.7 Å². The summed E-state index contributed by atoms with van der Waals surface area (Å²) in [5.41, 5.74) is 1.06. The molecular formula is C12H17BrO3. The van der Waals surface area contributed by atoms with Gasteiger partial charge in [-0.25, -0.2) is 0 Å². The predicted octanol–water partition coefficient (Wildman–Crippen LogP) is 3.21. The van der Waals surface area contributed by atoms with E-state index >= 15 is 0 Å². The molecule has 0 aliphatic carbocycles. The Kier molecular flexibility index (Phi) is 4.93. The summed E-state index contributed by atoms with van der Waals surface area (Å²) >= 11 is 3.47. The van der Waals surface area contributed by atoms with Crippen LogP contribution in [0.2, 0.25) is 0 Å². The third kappa shape index (κ3) is 2.61. The molecule has 4 heteroatoms. The normalized spacial score (nSPS) is 12.1. The first-order valence-corrected chi connectivity index (χ1v) is 6.15. The number of benzene rings is 1. The molecule has 0 aliphatic heterocycles. The summed E-state index contributed by atoms with van der Waals surface area (Å²) in [4.78, 5) is 0. The quantitative estimate of drug-likeness (QED) is 0.779. The largest absolute Gasteiger partial charge is 0.496 e. The highest BCUT2D eigenvalue weighted by molar-refractivity contribution is 9.09. The monoisotopic (exact) mass is 288 g/mol. The van der Waals surface area contributed by atoms with Gasteiger partial charge in [-0.05, 0) is 5.92 Å². The van der Waals surface area contributed by atoms with E-state index in [0.717, 1.165) is 28.1 Å². The van der Waals surface area contributed by atoms with E-state index in [1.165, 1.54) is 0 Å². The molecule has 0 saturated heterocycles. The van der Waals surface area contributed by atoms with Gasteiger partial charge in [0, 0.05) is 23.0 Å². The number of rotatable bonds is 5. The third-order valence-corrected chi connectivity index (χ3v) is 3.45. The summed E-state index contributed by atoms with van der Waals surface area (Å²) in [5, 5.41) is 0.853. The van der Waals surface area contributed by atoms with Gasteiger partial charge in [0.1, 0.15) is 17.2 Å². The minimum atomic E-state index is 0.316. The van der Waals surface area contributed by atoms with Gasteiger partial charge in [-0.1, -0.05) is 22.9 Å². The van der Waals surface area contributed by atoms with E-state index in [4.69, 9.17) is 14.2 Å². The third-order valence-electron chi connectivity index (χ3n) is 2.48. The van der Waals surface area contributed by atoms with Gasteiger partial charge in [-0.15, -0.1) is 0 Å². The lowest BCUT2D eigenvalue weighted by Gasteiger charge is -2.18. The molecule has 0 saturated carbocycles. The van der Waals surface area contributed by atoms with Crippen molar-refractivity contribution in [3.8, 4) is 17.2 Å². The van der Waals surface area contributed by atoms with E-state index in [1.807, 2.05) is 12.1 Å². The fraction of sp³-hybridized carbons (Fsp3) is 0.500. The van der Waals surface area contributed by atoms with Crippen LogP contribution < -0.4 is 14.2 Å². The highest BCUT2D eigenvalue weighted by Crippen LogP contribution is 2.39. The maximum atomic E-state index is 5.37. The zero-order valence-corrected chi connectivity index (χ0v) is 11.6. The van der Waals surface area contributed by atoms with Gasteiger partial charge in [0.15, 0.2) is 0 Å². The van der Waals surface area contributed by atoms with Crippen molar-refractivity contribution in [2.45, 2.75) is 12.8 Å². The van der Waals surface area contributed by atoms with Gasteiger partial charge in [-0.3, -0.25) is 0 Å². The second-order valence-electron chi connectivity index (χ2n) is 3.50. The number of ether oxygens (including phenoxy) is 3. The molecule has 1 unspecified atom stereocenters. The van der Waals surface area contributed by atoms with E-state index in [2.05, 4.69) is 22.9 Å². The first-order chi connectivity index (χ1) is 7.67. The molecule has 0 bridgehead atoms. The summed E-state index contributed by atoms with van der Waals surface area (Å²) in [6, 6.07) is 3.74. The molecule has 0 N–H and O–H groups in total. The summed E-state index contributed by atoms with van der Waals surface area (Å²) in [7, 11) is 4.93. The van der Waals surface area contributed by atoms with Crippen molar-refractivity contribution < 1.29 is 14.2 Å². The van der Waals surface area contributed by atoms with Crippen LogP contribution in [0.1, 0.15) is 18.4 Å². The number of hydrogen-bond donors (Lipinski definition) is 0. The van der Waals surface area contributed by atoms with Crippen LogP contribution >= 0.6 is 15.9 Å². The Labute approximate surface area is 105 Å². The van der Waals surface area contributed by atoms with Crippen LogP contribution in [0, 0.1) is 0 Å². The second kappa shape index (κ2) is 5.99. The Hall–Kier alpha value is -0.900. The van der Waals surface area contributed by atoms with E-state index in [0.29, 0.717) is 5.92 Å². The highest BCUT2D eigenvalue weighted by Gasteiger charge is 2.18. The SMILES string of the molecule is COc1cc(OC)c(C(C)CBr)c(OC)c1. The first-order valence-electron chi connectivity index (χ1n) is 5.03. The minimum Gasteiger partial charge on any atom is -0.496 e. The van der Waals surface area contributed by atoms with Crippen molar-refractivity contribution in [1.82, 2.24) is 0 Å². The maximum Gasteiger partial charge on any atom is 0.129 e. The van der Waals surface area contributed by atoms with Crippen molar-refractivity contribution in [1.29, 1.82) is 0 Å². The van der Waals surface area contributed by atoms with Crippen molar-refractivity contribution in [2.24, 2.45) is 0 Å². The maximum absolute atomic E-state index is 5.37. The van der Waals surface area contributed by atoms with Crippen LogP contribution in [-0.2, 0) is 0 Å². The van der Waals surface area contributed by atoms with Crippen molar-refractivity contribution >= 4 is 15.9 Å². The van der Waals surface area contributed by atoms with E-state index in [1.54, 1.807) is 21.3 Å². The fourth-order valence-electron chi connectivity index (χ4n) is 1.60. The van der Waals surface area contributed by atoms with Gasteiger partial charge in [-0.2, -0.15) is 0 Å². The number of halogens is 1. The Morgan fingerprint density at radius 3 is 1.88 bits per heavy atom. The fourth-order valence-corrected chi connectivity index (χ4v) is 1.92. The lowest BCUT2D eigenvalue weighted by atomic mass is 10.0. The molecule has 0 spiro atoms. The molecule has 16 heavy (non-hydrogen) atoms. The van der Waals surface area contributed by atoms with Crippen molar-refractivity contribution in [3.05, 3.63) is 17.7 Å². The molecule has 0 heterocycles. The smallest absolute Gasteiger partial charge is 0.129 e. The molecule has 90 valence electrons. The number of alkyl halides is 1. The molecule has 1 aromatic rings. The van der Waals surface area contributed by atoms with Crippen LogP contribution in [-0.4, -0.2) is 26.7 Å². The summed E-state index contributed by atoms with van der Waals surface area (Å²) in [5.74, 6) is 2.64. The highest BCUT2D eigenvalue weighted by atomic mass is 79.9. The van der Waals surface area contributed by atoms with Crippen LogP contribution in [0.5, 0.6) is 17.2 Å².